The average molecular weight is 610 g/mol. The standard InChI is InChI=1S/C36H35NO6S/c1-23-32(22-44-18-17-38)42-36(43-33(23)27-11-9-24(21-39)10-12-27)28-15-13-26(14-16-28)29-6-4-5-25(19-29)20-37-34(40)30-7-2-3-8-31(30)35(37)41/h2-16,19,23,32-33,36,38-39H,17-18,20-22H2,1H3/t23-,32+,33+,36+/m0/s1. The van der Waals surface area contributed by atoms with Crippen molar-refractivity contribution in [1.29, 1.82) is 0 Å². The number of rotatable bonds is 10. The summed E-state index contributed by atoms with van der Waals surface area (Å²) in [6.45, 7) is 2.45. The zero-order chi connectivity index (χ0) is 30.6. The third kappa shape index (κ3) is 6.22. The number of fused-ring (bicyclic) bond motifs is 1. The molecule has 2 N–H and O–H groups in total. The third-order valence-corrected chi connectivity index (χ3v) is 9.34. The minimum atomic E-state index is -0.567. The van der Waals surface area contributed by atoms with Crippen molar-refractivity contribution in [2.75, 3.05) is 18.1 Å². The number of aliphatic hydroxyl groups excluding tert-OH is 2. The molecule has 2 amide bonds. The van der Waals surface area contributed by atoms with Crippen LogP contribution in [0.1, 0.15) is 62.3 Å². The summed E-state index contributed by atoms with van der Waals surface area (Å²) in [6, 6.07) is 30.7. The van der Waals surface area contributed by atoms with E-state index in [1.165, 1.54) is 4.90 Å². The first-order chi connectivity index (χ1) is 21.5. The van der Waals surface area contributed by atoms with Crippen molar-refractivity contribution in [3.05, 3.63) is 130 Å². The van der Waals surface area contributed by atoms with E-state index >= 15 is 0 Å². The minimum absolute atomic E-state index is 0.00839. The molecule has 1 saturated heterocycles. The van der Waals surface area contributed by atoms with Crippen molar-refractivity contribution in [3.8, 4) is 11.1 Å². The fraction of sp³-hybridized carbons (Fsp3) is 0.278. The maximum atomic E-state index is 12.9. The van der Waals surface area contributed by atoms with Gasteiger partial charge in [-0.2, -0.15) is 11.8 Å². The molecule has 4 aromatic carbocycles. The van der Waals surface area contributed by atoms with Crippen LogP contribution in [0.5, 0.6) is 0 Å². The highest BCUT2D eigenvalue weighted by Crippen LogP contribution is 2.42. The summed E-state index contributed by atoms with van der Waals surface area (Å²) in [7, 11) is 0. The molecule has 2 aliphatic heterocycles. The first-order valence-electron chi connectivity index (χ1n) is 14.8. The molecule has 6 rings (SSSR count). The Labute approximate surface area is 261 Å². The van der Waals surface area contributed by atoms with Gasteiger partial charge in [0.2, 0.25) is 0 Å². The lowest BCUT2D eigenvalue weighted by Gasteiger charge is -2.41. The van der Waals surface area contributed by atoms with E-state index in [1.807, 2.05) is 72.8 Å². The number of thioether (sulfide) groups is 1. The maximum absolute atomic E-state index is 12.9. The number of hydrogen-bond acceptors (Lipinski definition) is 7. The van der Waals surface area contributed by atoms with Crippen molar-refractivity contribution >= 4 is 23.6 Å². The quantitative estimate of drug-likeness (QED) is 0.164. The molecule has 2 aliphatic rings. The lowest BCUT2D eigenvalue weighted by Crippen LogP contribution is -2.38. The normalized spacial score (nSPS) is 21.5. The van der Waals surface area contributed by atoms with E-state index in [-0.39, 0.29) is 49.7 Å². The summed E-state index contributed by atoms with van der Waals surface area (Å²) in [4.78, 5) is 27.0. The summed E-state index contributed by atoms with van der Waals surface area (Å²) in [6.07, 6.45) is -0.839. The lowest BCUT2D eigenvalue weighted by atomic mass is 9.91. The molecule has 0 aliphatic carbocycles. The average Bonchev–Trinajstić information content (AvgIpc) is 3.30. The second kappa shape index (κ2) is 13.5. The maximum Gasteiger partial charge on any atom is 0.261 e. The Morgan fingerprint density at radius 1 is 0.750 bits per heavy atom. The van der Waals surface area contributed by atoms with Crippen molar-refractivity contribution < 1.29 is 29.3 Å². The molecule has 0 unspecified atom stereocenters. The molecule has 4 aromatic rings. The molecular weight excluding hydrogens is 574 g/mol. The van der Waals surface area contributed by atoms with Crippen LogP contribution in [0.25, 0.3) is 11.1 Å². The Bertz CT molecular complexity index is 1590. The van der Waals surface area contributed by atoms with Crippen LogP contribution >= 0.6 is 11.8 Å². The van der Waals surface area contributed by atoms with E-state index in [0.717, 1.165) is 39.1 Å². The number of carbonyl (C=O) groups excluding carboxylic acids is 2. The van der Waals surface area contributed by atoms with Gasteiger partial charge >= 0.3 is 0 Å². The smallest absolute Gasteiger partial charge is 0.261 e. The van der Waals surface area contributed by atoms with Crippen LogP contribution in [0.4, 0.5) is 0 Å². The molecule has 0 bridgehead atoms. The molecule has 7 nitrogen and oxygen atoms in total. The number of ether oxygens (including phenoxy) is 2. The minimum Gasteiger partial charge on any atom is -0.396 e. The van der Waals surface area contributed by atoms with Crippen LogP contribution in [0.3, 0.4) is 0 Å². The van der Waals surface area contributed by atoms with Gasteiger partial charge in [-0.3, -0.25) is 14.5 Å². The molecule has 2 heterocycles. The van der Waals surface area contributed by atoms with Gasteiger partial charge in [-0.1, -0.05) is 85.8 Å². The van der Waals surface area contributed by atoms with E-state index in [9.17, 15) is 19.8 Å². The predicted octanol–water partition coefficient (Wildman–Crippen LogP) is 6.16. The van der Waals surface area contributed by atoms with E-state index in [1.54, 1.807) is 36.0 Å². The van der Waals surface area contributed by atoms with Gasteiger partial charge in [-0.25, -0.2) is 0 Å². The Kier molecular flexibility index (Phi) is 9.25. The topological polar surface area (TPSA) is 96.3 Å². The molecule has 1 fully saturated rings. The summed E-state index contributed by atoms with van der Waals surface area (Å²) in [5, 5.41) is 18.8. The second-order valence-corrected chi connectivity index (χ2v) is 12.3. The van der Waals surface area contributed by atoms with Crippen LogP contribution in [-0.2, 0) is 22.6 Å². The Hall–Kier alpha value is -3.79. The number of aliphatic hydroxyl groups is 2. The van der Waals surface area contributed by atoms with Gasteiger partial charge < -0.3 is 19.7 Å². The molecule has 8 heteroatoms. The fourth-order valence-electron chi connectivity index (χ4n) is 5.82. The number of nitrogens with zero attached hydrogens (tertiary/aromatic N) is 1. The second-order valence-electron chi connectivity index (χ2n) is 11.2. The van der Waals surface area contributed by atoms with Crippen molar-refractivity contribution in [2.24, 2.45) is 5.92 Å². The fourth-order valence-corrected chi connectivity index (χ4v) is 6.73. The highest BCUT2D eigenvalue weighted by Gasteiger charge is 2.38. The molecular formula is C36H35NO6S. The van der Waals surface area contributed by atoms with E-state index < -0.39 is 6.29 Å². The van der Waals surface area contributed by atoms with Crippen molar-refractivity contribution in [3.63, 3.8) is 0 Å². The monoisotopic (exact) mass is 609 g/mol. The summed E-state index contributed by atoms with van der Waals surface area (Å²) < 4.78 is 13.0. The molecule has 0 saturated carbocycles. The SMILES string of the molecule is C[C@H]1[C@@H](CSCCO)O[C@@H](c2ccc(-c3cccc(CN4C(=O)c5ccccc5C4=O)c3)cc2)O[C@H]1c1ccc(CO)cc1. The van der Waals surface area contributed by atoms with E-state index in [4.69, 9.17) is 9.47 Å². The van der Waals surface area contributed by atoms with Crippen LogP contribution in [0, 0.1) is 5.92 Å². The Morgan fingerprint density at radius 2 is 1.43 bits per heavy atom. The van der Waals surface area contributed by atoms with Gasteiger partial charge in [0.05, 0.1) is 43.1 Å². The van der Waals surface area contributed by atoms with Crippen molar-refractivity contribution in [1.82, 2.24) is 4.90 Å². The Balaban J connectivity index is 1.19. The number of benzene rings is 4. The number of amides is 2. The molecule has 0 aromatic heterocycles. The van der Waals surface area contributed by atoms with E-state index in [0.29, 0.717) is 16.9 Å². The third-order valence-electron chi connectivity index (χ3n) is 8.30. The first kappa shape index (κ1) is 30.2. The van der Waals surface area contributed by atoms with Gasteiger partial charge in [-0.05, 0) is 46.0 Å². The largest absolute Gasteiger partial charge is 0.396 e. The highest BCUT2D eigenvalue weighted by molar-refractivity contribution is 7.99. The van der Waals surface area contributed by atoms with Crippen LogP contribution < -0.4 is 0 Å². The Morgan fingerprint density at radius 3 is 2.09 bits per heavy atom. The number of carbonyl (C=O) groups is 2. The highest BCUT2D eigenvalue weighted by atomic mass is 32.2. The molecule has 226 valence electrons. The first-order valence-corrected chi connectivity index (χ1v) is 16.0. The zero-order valence-corrected chi connectivity index (χ0v) is 25.3. The van der Waals surface area contributed by atoms with Gasteiger partial charge in [0.1, 0.15) is 0 Å². The summed E-state index contributed by atoms with van der Waals surface area (Å²) in [5.74, 6) is 0.942. The number of hydrogen-bond donors (Lipinski definition) is 2. The lowest BCUT2D eigenvalue weighted by molar-refractivity contribution is -0.268. The van der Waals surface area contributed by atoms with Gasteiger partial charge in [0, 0.05) is 23.0 Å². The summed E-state index contributed by atoms with van der Waals surface area (Å²) in [5.41, 5.74) is 6.52. The van der Waals surface area contributed by atoms with Crippen molar-refractivity contribution in [2.45, 2.75) is 38.6 Å². The van der Waals surface area contributed by atoms with Crippen LogP contribution in [0.15, 0.2) is 97.1 Å². The van der Waals surface area contributed by atoms with Gasteiger partial charge in [0.25, 0.3) is 11.8 Å². The van der Waals surface area contributed by atoms with Gasteiger partial charge in [-0.15, -0.1) is 0 Å². The van der Waals surface area contributed by atoms with E-state index in [2.05, 4.69) is 6.92 Å². The van der Waals surface area contributed by atoms with Crippen LogP contribution in [0.2, 0.25) is 0 Å². The molecule has 0 spiro atoms. The van der Waals surface area contributed by atoms with Gasteiger partial charge in [0.15, 0.2) is 6.29 Å². The molecule has 44 heavy (non-hydrogen) atoms. The predicted molar refractivity (Wildman–Crippen MR) is 170 cm³/mol. The zero-order valence-electron chi connectivity index (χ0n) is 24.5. The molecule has 4 atom stereocenters. The molecule has 0 radical (unpaired) electrons. The van der Waals surface area contributed by atoms with Crippen LogP contribution in [-0.4, -0.2) is 51.1 Å². The summed E-state index contributed by atoms with van der Waals surface area (Å²) >= 11 is 1.66. The number of imide groups is 1.